The molecule has 184 valence electrons. The summed E-state index contributed by atoms with van der Waals surface area (Å²) in [6, 6.07) is 20.6. The van der Waals surface area contributed by atoms with Crippen LogP contribution in [0.3, 0.4) is 0 Å². The second-order valence-corrected chi connectivity index (χ2v) is 9.66. The van der Waals surface area contributed by atoms with Gasteiger partial charge >= 0.3 is 0 Å². The summed E-state index contributed by atoms with van der Waals surface area (Å²) >= 11 is 0. The number of benzene rings is 3. The maximum absolute atomic E-state index is 13.2. The van der Waals surface area contributed by atoms with Gasteiger partial charge in [0.15, 0.2) is 0 Å². The molecule has 0 radical (unpaired) electrons. The van der Waals surface area contributed by atoms with E-state index in [1.807, 2.05) is 24.4 Å². The zero-order chi connectivity index (χ0) is 25.1. The van der Waals surface area contributed by atoms with Crippen molar-refractivity contribution in [3.05, 3.63) is 96.1 Å². The Kier molecular flexibility index (Phi) is 6.55. The van der Waals surface area contributed by atoms with E-state index in [1.54, 1.807) is 35.0 Å². The van der Waals surface area contributed by atoms with E-state index in [-0.39, 0.29) is 17.6 Å². The van der Waals surface area contributed by atoms with Gasteiger partial charge in [0.05, 0.1) is 11.9 Å². The van der Waals surface area contributed by atoms with Gasteiger partial charge in [-0.2, -0.15) is 5.10 Å². The smallest absolute Gasteiger partial charge is 0.222 e. The Morgan fingerprint density at radius 3 is 2.67 bits per heavy atom. The largest absolute Gasteiger partial charge is 0.350 e. The molecule has 2 amide bonds. The predicted molar refractivity (Wildman–Crippen MR) is 137 cm³/mol. The Morgan fingerprint density at radius 1 is 1.11 bits per heavy atom. The molecule has 1 aliphatic rings. The van der Waals surface area contributed by atoms with Crippen molar-refractivity contribution in [3.63, 3.8) is 0 Å². The number of halogens is 1. The van der Waals surface area contributed by atoms with E-state index in [9.17, 15) is 14.0 Å². The molecule has 1 N–H and O–H groups in total. The average Bonchev–Trinajstić information content (AvgIpc) is 3.50. The van der Waals surface area contributed by atoms with E-state index in [4.69, 9.17) is 0 Å². The molecule has 7 heteroatoms. The molecule has 0 spiro atoms. The second kappa shape index (κ2) is 9.93. The molecule has 0 saturated carbocycles. The Hall–Kier alpha value is -4.00. The first-order chi connectivity index (χ1) is 17.4. The molecule has 1 fully saturated rings. The van der Waals surface area contributed by atoms with Crippen molar-refractivity contribution in [1.29, 1.82) is 0 Å². The maximum Gasteiger partial charge on any atom is 0.222 e. The fourth-order valence-corrected chi connectivity index (χ4v) is 5.07. The van der Waals surface area contributed by atoms with Crippen LogP contribution in [0.25, 0.3) is 16.5 Å². The third kappa shape index (κ3) is 5.15. The minimum absolute atomic E-state index is 0.0166. The summed E-state index contributed by atoms with van der Waals surface area (Å²) in [4.78, 5) is 27.0. The quantitative estimate of drug-likeness (QED) is 0.391. The number of aromatic nitrogens is 2. The number of carbonyl (C=O) groups excluding carboxylic acids is 2. The van der Waals surface area contributed by atoms with Gasteiger partial charge in [0.2, 0.25) is 11.8 Å². The average molecular weight is 485 g/mol. The molecule has 3 aromatic carbocycles. The first-order valence-corrected chi connectivity index (χ1v) is 12.2. The van der Waals surface area contributed by atoms with E-state index >= 15 is 0 Å². The Bertz CT molecular complexity index is 1390. The van der Waals surface area contributed by atoms with Crippen molar-refractivity contribution in [2.45, 2.75) is 44.2 Å². The molecule has 1 saturated heterocycles. The molecule has 6 nitrogen and oxygen atoms in total. The number of nitrogens with zero attached hydrogens (tertiary/aromatic N) is 3. The van der Waals surface area contributed by atoms with Gasteiger partial charge in [0.1, 0.15) is 5.82 Å². The summed E-state index contributed by atoms with van der Waals surface area (Å²) in [5, 5.41) is 9.89. The van der Waals surface area contributed by atoms with Gasteiger partial charge in [-0.05, 0) is 59.9 Å². The third-order valence-corrected chi connectivity index (χ3v) is 7.03. The second-order valence-electron chi connectivity index (χ2n) is 9.66. The molecule has 2 heterocycles. The van der Waals surface area contributed by atoms with Crippen LogP contribution in [0, 0.1) is 5.82 Å². The van der Waals surface area contributed by atoms with Crippen molar-refractivity contribution < 1.29 is 14.0 Å². The van der Waals surface area contributed by atoms with Gasteiger partial charge < -0.3 is 10.2 Å². The summed E-state index contributed by atoms with van der Waals surface area (Å²) < 4.78 is 14.9. The van der Waals surface area contributed by atoms with Gasteiger partial charge in [-0.15, -0.1) is 0 Å². The topological polar surface area (TPSA) is 67.2 Å². The lowest BCUT2D eigenvalue weighted by atomic mass is 9.83. The molecule has 0 aliphatic carbocycles. The highest BCUT2D eigenvalue weighted by Crippen LogP contribution is 2.32. The van der Waals surface area contributed by atoms with Crippen LogP contribution in [-0.4, -0.2) is 39.1 Å². The standard InChI is InChI=1S/C29H29FN4O2/c1-33(19-21-18-31-34(20-21)25-11-9-24(30)10-12-25)28(36)14-16-29(15-13-27(35)32-29)17-23-7-4-6-22-5-2-3-8-26(22)23/h2-12,18,20H,13-17,19H2,1H3,(H,32,35)/t29-/m0/s1. The first-order valence-electron chi connectivity index (χ1n) is 12.2. The first kappa shape index (κ1) is 23.7. The molecule has 4 aromatic rings. The lowest BCUT2D eigenvalue weighted by Gasteiger charge is -2.30. The summed E-state index contributed by atoms with van der Waals surface area (Å²) in [6.45, 7) is 0.419. The van der Waals surface area contributed by atoms with Gasteiger partial charge in [-0.3, -0.25) is 9.59 Å². The van der Waals surface area contributed by atoms with Crippen molar-refractivity contribution in [3.8, 4) is 5.69 Å². The van der Waals surface area contributed by atoms with Crippen LogP contribution in [0.15, 0.2) is 79.1 Å². The van der Waals surface area contributed by atoms with Crippen LogP contribution < -0.4 is 5.32 Å². The van der Waals surface area contributed by atoms with Crippen molar-refractivity contribution in [1.82, 2.24) is 20.0 Å². The Morgan fingerprint density at radius 2 is 1.89 bits per heavy atom. The van der Waals surface area contributed by atoms with E-state index in [0.29, 0.717) is 32.2 Å². The van der Waals surface area contributed by atoms with Crippen LogP contribution in [-0.2, 0) is 22.6 Å². The number of hydrogen-bond acceptors (Lipinski definition) is 3. The van der Waals surface area contributed by atoms with Crippen molar-refractivity contribution >= 4 is 22.6 Å². The molecule has 5 rings (SSSR count). The van der Waals surface area contributed by atoms with E-state index < -0.39 is 5.54 Å². The summed E-state index contributed by atoms with van der Waals surface area (Å²) in [6.07, 6.45) is 6.38. The highest BCUT2D eigenvalue weighted by Gasteiger charge is 2.38. The maximum atomic E-state index is 13.2. The zero-order valence-electron chi connectivity index (χ0n) is 20.3. The number of fused-ring (bicyclic) bond motifs is 1. The predicted octanol–water partition coefficient (Wildman–Crippen LogP) is 4.79. The normalized spacial score (nSPS) is 17.3. The zero-order valence-corrected chi connectivity index (χ0v) is 20.3. The summed E-state index contributed by atoms with van der Waals surface area (Å²) in [7, 11) is 1.78. The third-order valence-electron chi connectivity index (χ3n) is 7.03. The number of hydrogen-bond donors (Lipinski definition) is 1. The van der Waals surface area contributed by atoms with Crippen LogP contribution in [0.1, 0.15) is 36.8 Å². The molecular formula is C29H29FN4O2. The van der Waals surface area contributed by atoms with E-state index in [0.717, 1.165) is 17.7 Å². The number of nitrogens with one attached hydrogen (secondary N) is 1. The minimum atomic E-state index is -0.425. The fourth-order valence-electron chi connectivity index (χ4n) is 5.07. The summed E-state index contributed by atoms with van der Waals surface area (Å²) in [5.41, 5.74) is 2.40. The van der Waals surface area contributed by atoms with Gasteiger partial charge in [-0.1, -0.05) is 42.5 Å². The molecule has 1 aliphatic heterocycles. The van der Waals surface area contributed by atoms with Crippen LogP contribution in [0.4, 0.5) is 4.39 Å². The highest BCUT2D eigenvalue weighted by molar-refractivity contribution is 5.86. The summed E-state index contributed by atoms with van der Waals surface area (Å²) in [5.74, 6) is -0.236. The molecule has 0 unspecified atom stereocenters. The lowest BCUT2D eigenvalue weighted by Crippen LogP contribution is -2.44. The molecule has 1 atom stereocenters. The molecule has 36 heavy (non-hydrogen) atoms. The number of carbonyl (C=O) groups is 2. The Balaban J connectivity index is 1.24. The van der Waals surface area contributed by atoms with E-state index in [2.05, 4.69) is 34.7 Å². The fraction of sp³-hybridized carbons (Fsp3) is 0.276. The SMILES string of the molecule is CN(Cc1cnn(-c2ccc(F)cc2)c1)C(=O)CC[C@]1(Cc2cccc3ccccc23)CCC(=O)N1. The minimum Gasteiger partial charge on any atom is -0.350 e. The van der Waals surface area contributed by atoms with Crippen molar-refractivity contribution in [2.24, 2.45) is 0 Å². The van der Waals surface area contributed by atoms with Crippen LogP contribution >= 0.6 is 0 Å². The van der Waals surface area contributed by atoms with Crippen LogP contribution in [0.5, 0.6) is 0 Å². The molecule has 1 aromatic heterocycles. The van der Waals surface area contributed by atoms with Gasteiger partial charge in [-0.25, -0.2) is 9.07 Å². The number of amides is 2. The van der Waals surface area contributed by atoms with Crippen LogP contribution in [0.2, 0.25) is 0 Å². The Labute approximate surface area is 209 Å². The molecular weight excluding hydrogens is 455 g/mol. The monoisotopic (exact) mass is 484 g/mol. The molecule has 0 bridgehead atoms. The van der Waals surface area contributed by atoms with E-state index in [1.165, 1.54) is 28.5 Å². The van der Waals surface area contributed by atoms with Gasteiger partial charge in [0, 0.05) is 43.7 Å². The highest BCUT2D eigenvalue weighted by atomic mass is 19.1. The van der Waals surface area contributed by atoms with Crippen molar-refractivity contribution in [2.75, 3.05) is 7.05 Å². The lowest BCUT2D eigenvalue weighted by molar-refractivity contribution is -0.131. The van der Waals surface area contributed by atoms with Gasteiger partial charge in [0.25, 0.3) is 0 Å². The number of rotatable bonds is 8.